The van der Waals surface area contributed by atoms with Gasteiger partial charge in [0.25, 0.3) is 5.91 Å². The van der Waals surface area contributed by atoms with Crippen molar-refractivity contribution in [2.75, 3.05) is 6.54 Å². The molecule has 0 heterocycles. The average Bonchev–Trinajstić information content (AvgIpc) is 2.70. The zero-order chi connectivity index (χ0) is 14.4. The maximum absolute atomic E-state index is 13.6. The van der Waals surface area contributed by atoms with Crippen molar-refractivity contribution in [2.45, 2.75) is 34.6 Å². The summed E-state index contributed by atoms with van der Waals surface area (Å²) in [5.41, 5.74) is 1.48. The van der Waals surface area contributed by atoms with Crippen molar-refractivity contribution in [3.05, 3.63) is 35.1 Å². The number of aryl methyl sites for hydroxylation is 1. The molecule has 0 unspecified atom stereocenters. The van der Waals surface area contributed by atoms with Crippen LogP contribution in [0.15, 0.2) is 18.2 Å². The molecule has 2 nitrogen and oxygen atoms in total. The van der Waals surface area contributed by atoms with Gasteiger partial charge in [-0.1, -0.05) is 39.3 Å². The molecule has 3 heteroatoms. The number of hydrogen-bond donors (Lipinski definition) is 1. The topological polar surface area (TPSA) is 29.1 Å². The van der Waals surface area contributed by atoms with E-state index < -0.39 is 5.82 Å². The fraction of sp³-hybridized carbons (Fsp3) is 0.562. The third-order valence-corrected chi connectivity index (χ3v) is 5.15. The second-order valence-corrected chi connectivity index (χ2v) is 6.69. The quantitative estimate of drug-likeness (QED) is 0.887. The number of amides is 1. The summed E-state index contributed by atoms with van der Waals surface area (Å²) in [6.45, 7) is 11.3. The number of hydrogen-bond acceptors (Lipinski definition) is 1. The van der Waals surface area contributed by atoms with Crippen LogP contribution in [0.1, 0.15) is 43.6 Å². The Hall–Kier alpha value is -1.38. The van der Waals surface area contributed by atoms with Crippen LogP contribution in [-0.2, 0) is 0 Å². The molecule has 19 heavy (non-hydrogen) atoms. The Morgan fingerprint density at radius 1 is 1.26 bits per heavy atom. The Kier molecular flexibility index (Phi) is 3.20. The number of halogens is 1. The lowest BCUT2D eigenvalue weighted by Crippen LogP contribution is -2.28. The predicted octanol–water partition coefficient (Wildman–Crippen LogP) is 3.55. The predicted molar refractivity (Wildman–Crippen MR) is 74.5 cm³/mol. The van der Waals surface area contributed by atoms with Crippen LogP contribution in [0.5, 0.6) is 0 Å². The molecule has 0 bridgehead atoms. The van der Waals surface area contributed by atoms with Gasteiger partial charge in [-0.25, -0.2) is 4.39 Å². The number of nitrogens with one attached hydrogen (secondary N) is 1. The summed E-state index contributed by atoms with van der Waals surface area (Å²) in [7, 11) is 0. The summed E-state index contributed by atoms with van der Waals surface area (Å²) >= 11 is 0. The minimum atomic E-state index is -0.461. The van der Waals surface area contributed by atoms with Crippen LogP contribution in [0.4, 0.5) is 4.39 Å². The third kappa shape index (κ3) is 2.26. The highest BCUT2D eigenvalue weighted by Crippen LogP contribution is 2.67. The van der Waals surface area contributed by atoms with Gasteiger partial charge in [-0.05, 0) is 35.8 Å². The Morgan fingerprint density at radius 2 is 1.84 bits per heavy atom. The van der Waals surface area contributed by atoms with E-state index in [9.17, 15) is 9.18 Å². The minimum Gasteiger partial charge on any atom is -0.352 e. The Bertz CT molecular complexity index is 505. The molecular weight excluding hydrogens is 241 g/mol. The lowest BCUT2D eigenvalue weighted by molar-refractivity contribution is 0.0946. The highest BCUT2D eigenvalue weighted by Gasteiger charge is 2.64. The van der Waals surface area contributed by atoms with Gasteiger partial charge in [-0.3, -0.25) is 4.79 Å². The molecule has 1 aromatic carbocycles. The van der Waals surface area contributed by atoms with Crippen molar-refractivity contribution >= 4 is 5.91 Å². The Morgan fingerprint density at radius 3 is 2.37 bits per heavy atom. The summed E-state index contributed by atoms with van der Waals surface area (Å²) in [5, 5.41) is 2.86. The van der Waals surface area contributed by atoms with Gasteiger partial charge >= 0.3 is 0 Å². The second-order valence-electron chi connectivity index (χ2n) is 6.69. The minimum absolute atomic E-state index is 0.135. The molecule has 1 N–H and O–H groups in total. The lowest BCUT2D eigenvalue weighted by Gasteiger charge is -2.08. The molecule has 0 spiro atoms. The summed E-state index contributed by atoms with van der Waals surface area (Å²) in [5.74, 6) is -0.339. The van der Waals surface area contributed by atoms with Crippen LogP contribution in [0.2, 0.25) is 0 Å². The molecule has 1 aliphatic rings. The van der Waals surface area contributed by atoms with Crippen molar-refractivity contribution in [3.63, 3.8) is 0 Å². The summed E-state index contributed by atoms with van der Waals surface area (Å²) < 4.78 is 13.6. The molecule has 1 amide bonds. The van der Waals surface area contributed by atoms with Gasteiger partial charge in [0, 0.05) is 6.54 Å². The molecule has 1 fully saturated rings. The fourth-order valence-electron chi connectivity index (χ4n) is 2.95. The van der Waals surface area contributed by atoms with Gasteiger partial charge in [-0.15, -0.1) is 0 Å². The maximum Gasteiger partial charge on any atom is 0.254 e. The molecule has 0 aromatic heterocycles. The first-order valence-corrected chi connectivity index (χ1v) is 6.72. The first-order chi connectivity index (χ1) is 8.68. The molecule has 0 atom stereocenters. The third-order valence-electron chi connectivity index (χ3n) is 5.15. The summed E-state index contributed by atoms with van der Waals surface area (Å²) in [4.78, 5) is 12.0. The molecule has 0 aliphatic heterocycles. The highest BCUT2D eigenvalue weighted by molar-refractivity contribution is 5.94. The van der Waals surface area contributed by atoms with Gasteiger partial charge < -0.3 is 5.32 Å². The van der Waals surface area contributed by atoms with Crippen molar-refractivity contribution in [2.24, 2.45) is 16.7 Å². The van der Waals surface area contributed by atoms with E-state index in [4.69, 9.17) is 0 Å². The van der Waals surface area contributed by atoms with Crippen LogP contribution in [-0.4, -0.2) is 12.5 Å². The first kappa shape index (κ1) is 14.0. The van der Waals surface area contributed by atoms with E-state index in [1.165, 1.54) is 6.07 Å². The lowest BCUT2D eigenvalue weighted by atomic mass is 10.0. The van der Waals surface area contributed by atoms with E-state index in [0.717, 1.165) is 5.56 Å². The molecule has 1 saturated carbocycles. The average molecular weight is 263 g/mol. The maximum atomic E-state index is 13.6. The number of benzene rings is 1. The molecule has 104 valence electrons. The smallest absolute Gasteiger partial charge is 0.254 e. The molecule has 1 aliphatic carbocycles. The van der Waals surface area contributed by atoms with Gasteiger partial charge in [0.15, 0.2) is 0 Å². The van der Waals surface area contributed by atoms with Crippen molar-refractivity contribution in [1.29, 1.82) is 0 Å². The Labute approximate surface area is 114 Å². The first-order valence-electron chi connectivity index (χ1n) is 6.72. The number of carbonyl (C=O) groups is 1. The second kappa shape index (κ2) is 4.32. The van der Waals surface area contributed by atoms with E-state index in [0.29, 0.717) is 12.5 Å². The van der Waals surface area contributed by atoms with Crippen molar-refractivity contribution in [3.8, 4) is 0 Å². The standard InChI is InChI=1S/C16H22FNO/c1-10-6-7-12(17)11(8-10)14(19)18-9-13-15(2,3)16(13,4)5/h6-8,13H,9H2,1-5H3,(H,18,19). The zero-order valence-electron chi connectivity index (χ0n) is 12.3. The van der Waals surface area contributed by atoms with Crippen LogP contribution >= 0.6 is 0 Å². The van der Waals surface area contributed by atoms with E-state index in [-0.39, 0.29) is 22.3 Å². The van der Waals surface area contributed by atoms with Gasteiger partial charge in [0.1, 0.15) is 5.82 Å². The summed E-state index contributed by atoms with van der Waals surface area (Å²) in [6.07, 6.45) is 0. The number of rotatable bonds is 3. The Balaban J connectivity index is 2.02. The molecule has 0 saturated heterocycles. The van der Waals surface area contributed by atoms with Gasteiger partial charge in [-0.2, -0.15) is 0 Å². The molecular formula is C16H22FNO. The van der Waals surface area contributed by atoms with Crippen LogP contribution in [0.3, 0.4) is 0 Å². The van der Waals surface area contributed by atoms with Crippen molar-refractivity contribution in [1.82, 2.24) is 5.32 Å². The van der Waals surface area contributed by atoms with Crippen LogP contribution in [0.25, 0.3) is 0 Å². The zero-order valence-corrected chi connectivity index (χ0v) is 12.3. The highest BCUT2D eigenvalue weighted by atomic mass is 19.1. The van der Waals surface area contributed by atoms with Gasteiger partial charge in [0.05, 0.1) is 5.56 Å². The van der Waals surface area contributed by atoms with Crippen LogP contribution < -0.4 is 5.32 Å². The van der Waals surface area contributed by atoms with Gasteiger partial charge in [0.2, 0.25) is 0 Å². The van der Waals surface area contributed by atoms with Crippen LogP contribution in [0, 0.1) is 29.5 Å². The normalized spacial score (nSPS) is 20.1. The molecule has 2 rings (SSSR count). The number of carbonyl (C=O) groups excluding carboxylic acids is 1. The van der Waals surface area contributed by atoms with E-state index in [1.807, 2.05) is 6.92 Å². The van der Waals surface area contributed by atoms with E-state index in [1.54, 1.807) is 12.1 Å². The monoisotopic (exact) mass is 263 g/mol. The van der Waals surface area contributed by atoms with Crippen molar-refractivity contribution < 1.29 is 9.18 Å². The summed E-state index contributed by atoms with van der Waals surface area (Å²) in [6, 6.07) is 4.60. The van der Waals surface area contributed by atoms with E-state index >= 15 is 0 Å². The molecule has 1 aromatic rings. The SMILES string of the molecule is Cc1ccc(F)c(C(=O)NCC2C(C)(C)C2(C)C)c1. The fourth-order valence-corrected chi connectivity index (χ4v) is 2.95. The molecule has 0 radical (unpaired) electrons. The largest absolute Gasteiger partial charge is 0.352 e. The van der Waals surface area contributed by atoms with E-state index in [2.05, 4.69) is 33.0 Å².